The third kappa shape index (κ3) is 2.00. The number of carbonyl (C=O) groups excluding carboxylic acids is 1. The first-order chi connectivity index (χ1) is 9.98. The Balaban J connectivity index is 1.74. The molecule has 0 saturated heterocycles. The van der Waals surface area contributed by atoms with Gasteiger partial charge in [-0.05, 0) is 70.1 Å². The minimum atomic E-state index is -0.134. The van der Waals surface area contributed by atoms with E-state index in [1.165, 1.54) is 19.3 Å². The summed E-state index contributed by atoms with van der Waals surface area (Å²) in [5.74, 6) is 2.59. The summed E-state index contributed by atoms with van der Waals surface area (Å²) >= 11 is 6.32. The van der Waals surface area contributed by atoms with Gasteiger partial charge in [-0.25, -0.2) is 0 Å². The predicted molar refractivity (Wildman–Crippen MR) is 82.6 cm³/mol. The molecule has 1 aromatic heterocycles. The van der Waals surface area contributed by atoms with Crippen molar-refractivity contribution >= 4 is 17.4 Å². The Bertz CT molecular complexity index is 554. The molecule has 0 amide bonds. The van der Waals surface area contributed by atoms with Crippen LogP contribution >= 0.6 is 11.6 Å². The summed E-state index contributed by atoms with van der Waals surface area (Å²) in [6, 6.07) is 0.172. The van der Waals surface area contributed by atoms with Gasteiger partial charge in [-0.1, -0.05) is 11.6 Å². The fourth-order valence-corrected chi connectivity index (χ4v) is 5.80. The van der Waals surface area contributed by atoms with Gasteiger partial charge in [0.15, 0.2) is 5.78 Å². The van der Waals surface area contributed by atoms with Crippen LogP contribution in [0.4, 0.5) is 0 Å². The van der Waals surface area contributed by atoms with Crippen molar-refractivity contribution in [2.45, 2.75) is 58.4 Å². The summed E-state index contributed by atoms with van der Waals surface area (Å²) in [6.45, 7) is 4.11. The van der Waals surface area contributed by atoms with Gasteiger partial charge in [-0.15, -0.1) is 0 Å². The lowest BCUT2D eigenvalue weighted by molar-refractivity contribution is -0.0358. The van der Waals surface area contributed by atoms with Crippen LogP contribution in [-0.4, -0.2) is 15.6 Å². The lowest BCUT2D eigenvalue weighted by atomic mass is 9.48. The van der Waals surface area contributed by atoms with E-state index >= 15 is 0 Å². The normalized spacial score (nSPS) is 37.4. The summed E-state index contributed by atoms with van der Waals surface area (Å²) in [7, 11) is 0. The maximum atomic E-state index is 13.4. The highest BCUT2D eigenvalue weighted by atomic mass is 35.5. The van der Waals surface area contributed by atoms with Crippen LogP contribution in [0.1, 0.15) is 68.9 Å². The van der Waals surface area contributed by atoms with Crippen LogP contribution < -0.4 is 0 Å². The third-order valence-corrected chi connectivity index (χ3v) is 6.25. The molecular formula is C17H23ClN2O. The molecule has 1 heterocycles. The monoisotopic (exact) mass is 306 g/mol. The van der Waals surface area contributed by atoms with Gasteiger partial charge in [0.2, 0.25) is 0 Å². The van der Waals surface area contributed by atoms with Crippen molar-refractivity contribution in [2.24, 2.45) is 23.2 Å². The van der Waals surface area contributed by atoms with Gasteiger partial charge >= 0.3 is 0 Å². The molecule has 4 saturated carbocycles. The van der Waals surface area contributed by atoms with Crippen molar-refractivity contribution in [3.63, 3.8) is 0 Å². The van der Waals surface area contributed by atoms with Crippen molar-refractivity contribution < 1.29 is 4.79 Å². The van der Waals surface area contributed by atoms with Gasteiger partial charge in [-0.3, -0.25) is 9.48 Å². The van der Waals surface area contributed by atoms with Crippen LogP contribution in [-0.2, 0) is 0 Å². The molecule has 0 aliphatic heterocycles. The first kappa shape index (κ1) is 13.8. The van der Waals surface area contributed by atoms with Crippen molar-refractivity contribution in [3.05, 3.63) is 16.9 Å². The van der Waals surface area contributed by atoms with E-state index in [-0.39, 0.29) is 17.2 Å². The Morgan fingerprint density at radius 2 is 1.76 bits per heavy atom. The summed E-state index contributed by atoms with van der Waals surface area (Å²) in [6.07, 6.45) is 8.93. The molecule has 1 aromatic rings. The van der Waals surface area contributed by atoms with Crippen LogP contribution in [0.25, 0.3) is 0 Å². The average molecular weight is 307 g/mol. The third-order valence-electron chi connectivity index (χ3n) is 5.97. The number of carbonyl (C=O) groups is 1. The molecule has 4 aliphatic rings. The van der Waals surface area contributed by atoms with Crippen LogP contribution in [0.2, 0.25) is 5.02 Å². The maximum Gasteiger partial charge on any atom is 0.188 e. The summed E-state index contributed by atoms with van der Waals surface area (Å²) < 4.78 is 1.82. The molecule has 114 valence electrons. The Kier molecular flexibility index (Phi) is 3.01. The van der Waals surface area contributed by atoms with E-state index in [0.29, 0.717) is 10.7 Å². The van der Waals surface area contributed by atoms with Crippen molar-refractivity contribution in [2.75, 3.05) is 0 Å². The van der Waals surface area contributed by atoms with Gasteiger partial charge in [0, 0.05) is 11.5 Å². The molecule has 4 aliphatic carbocycles. The molecule has 4 heteroatoms. The largest absolute Gasteiger partial charge is 0.292 e. The Morgan fingerprint density at radius 3 is 2.24 bits per heavy atom. The first-order valence-electron chi connectivity index (χ1n) is 8.26. The van der Waals surface area contributed by atoms with E-state index in [1.54, 1.807) is 6.20 Å². The average Bonchev–Trinajstić information content (AvgIpc) is 2.78. The molecular weight excluding hydrogens is 284 g/mol. The standard InChI is InChI=1S/C17H23ClN2O/c1-10(2)20-15(14(18)9-19-20)16(21)17-6-11-3-12(7-17)5-13(4-11)8-17/h9-13H,3-8H2,1-2H3. The van der Waals surface area contributed by atoms with E-state index < -0.39 is 0 Å². The van der Waals surface area contributed by atoms with Gasteiger partial charge in [-0.2, -0.15) is 5.10 Å². The Labute approximate surface area is 131 Å². The minimum Gasteiger partial charge on any atom is -0.292 e. The smallest absolute Gasteiger partial charge is 0.188 e. The number of rotatable bonds is 3. The molecule has 3 nitrogen and oxygen atoms in total. The van der Waals surface area contributed by atoms with Crippen LogP contribution in [0.15, 0.2) is 6.20 Å². The topological polar surface area (TPSA) is 34.9 Å². The zero-order chi connectivity index (χ0) is 14.8. The van der Waals surface area contributed by atoms with E-state index in [4.69, 9.17) is 11.6 Å². The molecule has 0 atom stereocenters. The number of hydrogen-bond acceptors (Lipinski definition) is 2. The minimum absolute atomic E-state index is 0.134. The van der Waals surface area contributed by atoms with E-state index in [0.717, 1.165) is 37.0 Å². The second kappa shape index (κ2) is 4.58. The highest BCUT2D eigenvalue weighted by molar-refractivity contribution is 6.33. The lowest BCUT2D eigenvalue weighted by Gasteiger charge is -2.55. The molecule has 4 bridgehead atoms. The van der Waals surface area contributed by atoms with Crippen LogP contribution in [0.3, 0.4) is 0 Å². The van der Waals surface area contributed by atoms with E-state index in [9.17, 15) is 4.79 Å². The number of halogens is 1. The van der Waals surface area contributed by atoms with Crippen molar-refractivity contribution in [3.8, 4) is 0 Å². The van der Waals surface area contributed by atoms with Crippen molar-refractivity contribution in [1.29, 1.82) is 0 Å². The highest BCUT2D eigenvalue weighted by Gasteiger charge is 2.55. The fourth-order valence-electron chi connectivity index (χ4n) is 5.59. The Hall–Kier alpha value is -0.830. The molecule has 0 aromatic carbocycles. The van der Waals surface area contributed by atoms with E-state index in [2.05, 4.69) is 18.9 Å². The number of Topliss-reactive ketones (excluding diaryl/α,β-unsaturated/α-hetero) is 1. The zero-order valence-corrected chi connectivity index (χ0v) is 13.6. The Morgan fingerprint density at radius 1 is 1.24 bits per heavy atom. The van der Waals surface area contributed by atoms with Crippen LogP contribution in [0, 0.1) is 23.2 Å². The van der Waals surface area contributed by atoms with Gasteiger partial charge in [0.1, 0.15) is 5.69 Å². The van der Waals surface area contributed by atoms with Gasteiger partial charge in [0.25, 0.3) is 0 Å². The van der Waals surface area contributed by atoms with Crippen molar-refractivity contribution in [1.82, 2.24) is 9.78 Å². The molecule has 21 heavy (non-hydrogen) atoms. The summed E-state index contributed by atoms with van der Waals surface area (Å²) in [4.78, 5) is 13.4. The van der Waals surface area contributed by atoms with Gasteiger partial charge < -0.3 is 0 Å². The number of nitrogens with zero attached hydrogens (tertiary/aromatic N) is 2. The first-order valence-corrected chi connectivity index (χ1v) is 8.64. The summed E-state index contributed by atoms with van der Waals surface area (Å²) in [5, 5.41) is 4.86. The molecule has 0 spiro atoms. The fraction of sp³-hybridized carbons (Fsp3) is 0.765. The highest BCUT2D eigenvalue weighted by Crippen LogP contribution is 2.61. The molecule has 0 N–H and O–H groups in total. The molecule has 0 radical (unpaired) electrons. The molecule has 4 fully saturated rings. The van der Waals surface area contributed by atoms with Gasteiger partial charge in [0.05, 0.1) is 11.2 Å². The number of aromatic nitrogens is 2. The molecule has 0 unspecified atom stereocenters. The predicted octanol–water partition coefficient (Wildman–Crippen LogP) is 4.52. The number of hydrogen-bond donors (Lipinski definition) is 0. The maximum absolute atomic E-state index is 13.4. The quantitative estimate of drug-likeness (QED) is 0.770. The summed E-state index contributed by atoms with van der Waals surface area (Å²) in [5.41, 5.74) is 0.527. The van der Waals surface area contributed by atoms with E-state index in [1.807, 2.05) is 4.68 Å². The second-order valence-electron chi connectivity index (χ2n) is 7.91. The lowest BCUT2D eigenvalue weighted by Crippen LogP contribution is -2.50. The second-order valence-corrected chi connectivity index (χ2v) is 8.31. The van der Waals surface area contributed by atoms with Crippen LogP contribution in [0.5, 0.6) is 0 Å². The SMILES string of the molecule is CC(C)n1ncc(Cl)c1C(=O)C12CC3CC(CC(C3)C1)C2. The molecule has 5 rings (SSSR count). The number of ketones is 1. The zero-order valence-electron chi connectivity index (χ0n) is 12.8.